The molecule has 1 aromatic rings. The Hall–Kier alpha value is -0.0600. The van der Waals surface area contributed by atoms with Gasteiger partial charge in [-0.3, -0.25) is 4.68 Å². The Morgan fingerprint density at radius 1 is 1.77 bits per heavy atom. The minimum Gasteiger partial charge on any atom is -0.371 e. The van der Waals surface area contributed by atoms with Gasteiger partial charge < -0.3 is 4.74 Å². The number of aromatic nitrogens is 2. The average Bonchev–Trinajstić information content (AvgIpc) is 2.53. The maximum atomic E-state index is 5.66. The number of nitrogens with zero attached hydrogens (tertiary/aromatic N) is 2. The van der Waals surface area contributed by atoms with E-state index in [2.05, 4.69) is 21.0 Å². The first-order valence-corrected chi connectivity index (χ1v) is 5.63. The highest BCUT2D eigenvalue weighted by atomic mass is 79.9. The van der Waals surface area contributed by atoms with Crippen LogP contribution in [0.4, 0.5) is 0 Å². The Morgan fingerprint density at radius 3 is 3.00 bits per heavy atom. The second-order valence-electron chi connectivity index (χ2n) is 2.76. The summed E-state index contributed by atoms with van der Waals surface area (Å²) in [5.74, 6) is 0.505. The van der Waals surface area contributed by atoms with Crippen molar-refractivity contribution in [2.45, 2.75) is 12.7 Å². The zero-order valence-electron chi connectivity index (χ0n) is 7.41. The van der Waals surface area contributed by atoms with E-state index in [9.17, 15) is 0 Å². The predicted molar refractivity (Wildman–Crippen MR) is 56.3 cm³/mol. The van der Waals surface area contributed by atoms with Crippen molar-refractivity contribution >= 4 is 27.5 Å². The van der Waals surface area contributed by atoms with Crippen molar-refractivity contribution < 1.29 is 4.74 Å². The van der Waals surface area contributed by atoms with Gasteiger partial charge in [-0.15, -0.1) is 11.6 Å². The first-order valence-electron chi connectivity index (χ1n) is 3.97. The number of ether oxygens (including phenoxy) is 1. The Bertz CT molecular complexity index is 250. The molecule has 3 nitrogen and oxygen atoms in total. The summed E-state index contributed by atoms with van der Waals surface area (Å²) in [4.78, 5) is 0. The molecule has 0 aromatic carbocycles. The van der Waals surface area contributed by atoms with Gasteiger partial charge in [-0.2, -0.15) is 5.10 Å². The molecule has 0 saturated carbocycles. The van der Waals surface area contributed by atoms with Gasteiger partial charge in [0, 0.05) is 30.0 Å². The monoisotopic (exact) mass is 266 g/mol. The van der Waals surface area contributed by atoms with Crippen molar-refractivity contribution in [3.63, 3.8) is 0 Å². The standard InChI is InChI=1S/C8H12BrClN2O/c1-12-5-7(4-11-12)6-13-8(2-9)3-10/h4-5,8H,2-3,6H2,1H3/t8-/m0/s1. The van der Waals surface area contributed by atoms with Crippen LogP contribution in [0.1, 0.15) is 5.56 Å². The van der Waals surface area contributed by atoms with E-state index in [-0.39, 0.29) is 6.10 Å². The maximum Gasteiger partial charge on any atom is 0.0811 e. The molecule has 0 amide bonds. The number of alkyl halides is 2. The topological polar surface area (TPSA) is 27.1 Å². The summed E-state index contributed by atoms with van der Waals surface area (Å²) >= 11 is 8.99. The Kier molecular flexibility index (Phi) is 4.77. The first kappa shape index (κ1) is 11.0. The fourth-order valence-electron chi connectivity index (χ4n) is 0.891. The summed E-state index contributed by atoms with van der Waals surface area (Å²) in [5, 5.41) is 4.80. The third kappa shape index (κ3) is 3.67. The molecule has 0 aliphatic rings. The van der Waals surface area contributed by atoms with Crippen LogP contribution < -0.4 is 0 Å². The van der Waals surface area contributed by atoms with Gasteiger partial charge in [-0.1, -0.05) is 15.9 Å². The molecule has 0 spiro atoms. The van der Waals surface area contributed by atoms with Crippen LogP contribution >= 0.6 is 27.5 Å². The van der Waals surface area contributed by atoms with Crippen molar-refractivity contribution in [1.29, 1.82) is 0 Å². The molecule has 0 unspecified atom stereocenters. The first-order chi connectivity index (χ1) is 6.26. The summed E-state index contributed by atoms with van der Waals surface area (Å²) in [6.07, 6.45) is 3.79. The summed E-state index contributed by atoms with van der Waals surface area (Å²) in [6.45, 7) is 0.566. The van der Waals surface area contributed by atoms with E-state index in [1.54, 1.807) is 10.9 Å². The molecule has 0 aliphatic carbocycles. The van der Waals surface area contributed by atoms with Crippen LogP contribution in [0.15, 0.2) is 12.4 Å². The maximum absolute atomic E-state index is 5.66. The summed E-state index contributed by atoms with van der Waals surface area (Å²) in [6, 6.07) is 0. The Labute approximate surface area is 91.1 Å². The minimum absolute atomic E-state index is 0.0712. The molecule has 74 valence electrons. The lowest BCUT2D eigenvalue weighted by Gasteiger charge is -2.10. The van der Waals surface area contributed by atoms with Crippen LogP contribution in [0.5, 0.6) is 0 Å². The zero-order valence-corrected chi connectivity index (χ0v) is 9.75. The number of hydrogen-bond donors (Lipinski definition) is 0. The number of aryl methyl sites for hydroxylation is 1. The van der Waals surface area contributed by atoms with E-state index in [0.29, 0.717) is 12.5 Å². The third-order valence-corrected chi connectivity index (χ3v) is 2.65. The van der Waals surface area contributed by atoms with E-state index in [1.165, 1.54) is 0 Å². The second kappa shape index (κ2) is 5.62. The van der Waals surface area contributed by atoms with Crippen LogP contribution in [-0.4, -0.2) is 27.1 Å². The van der Waals surface area contributed by atoms with E-state index in [1.807, 2.05) is 13.2 Å². The molecule has 13 heavy (non-hydrogen) atoms. The van der Waals surface area contributed by atoms with Gasteiger partial charge >= 0.3 is 0 Å². The molecule has 0 aliphatic heterocycles. The lowest BCUT2D eigenvalue weighted by Crippen LogP contribution is -2.15. The number of hydrogen-bond acceptors (Lipinski definition) is 2. The van der Waals surface area contributed by atoms with Crippen LogP contribution in [0.25, 0.3) is 0 Å². The Balaban J connectivity index is 2.33. The molecule has 0 fully saturated rings. The average molecular weight is 268 g/mol. The van der Waals surface area contributed by atoms with Crippen molar-refractivity contribution in [2.75, 3.05) is 11.2 Å². The second-order valence-corrected chi connectivity index (χ2v) is 3.72. The predicted octanol–water partition coefficient (Wildman–Crippen LogP) is 1.94. The van der Waals surface area contributed by atoms with Gasteiger partial charge in [0.15, 0.2) is 0 Å². The van der Waals surface area contributed by atoms with E-state index < -0.39 is 0 Å². The minimum atomic E-state index is 0.0712. The fourth-order valence-corrected chi connectivity index (χ4v) is 1.77. The summed E-state index contributed by atoms with van der Waals surface area (Å²) in [7, 11) is 1.88. The van der Waals surface area contributed by atoms with Crippen LogP contribution in [0.3, 0.4) is 0 Å². The highest BCUT2D eigenvalue weighted by Crippen LogP contribution is 2.05. The number of rotatable bonds is 5. The summed E-state index contributed by atoms with van der Waals surface area (Å²) < 4.78 is 7.26. The molecule has 1 rings (SSSR count). The van der Waals surface area contributed by atoms with E-state index in [4.69, 9.17) is 16.3 Å². The van der Waals surface area contributed by atoms with Crippen LogP contribution in [0, 0.1) is 0 Å². The van der Waals surface area contributed by atoms with E-state index in [0.717, 1.165) is 10.9 Å². The lowest BCUT2D eigenvalue weighted by atomic mass is 10.4. The quantitative estimate of drug-likeness (QED) is 0.763. The van der Waals surface area contributed by atoms with Crippen molar-refractivity contribution in [1.82, 2.24) is 9.78 Å². The fraction of sp³-hybridized carbons (Fsp3) is 0.625. The van der Waals surface area contributed by atoms with Gasteiger partial charge in [0.25, 0.3) is 0 Å². The summed E-state index contributed by atoms with van der Waals surface area (Å²) in [5.41, 5.74) is 1.07. The van der Waals surface area contributed by atoms with E-state index >= 15 is 0 Å². The molecule has 0 bridgehead atoms. The lowest BCUT2D eigenvalue weighted by molar-refractivity contribution is 0.0717. The smallest absolute Gasteiger partial charge is 0.0811 e. The van der Waals surface area contributed by atoms with Gasteiger partial charge in [0.2, 0.25) is 0 Å². The van der Waals surface area contributed by atoms with Crippen LogP contribution in [0.2, 0.25) is 0 Å². The van der Waals surface area contributed by atoms with Gasteiger partial charge in [0.05, 0.1) is 18.9 Å². The normalized spacial score (nSPS) is 13.2. The van der Waals surface area contributed by atoms with Crippen molar-refractivity contribution in [2.24, 2.45) is 7.05 Å². The molecule has 0 radical (unpaired) electrons. The van der Waals surface area contributed by atoms with Crippen molar-refractivity contribution in [3.8, 4) is 0 Å². The van der Waals surface area contributed by atoms with Gasteiger partial charge in [-0.25, -0.2) is 0 Å². The molecule has 1 heterocycles. The molecule has 0 saturated heterocycles. The number of halogens is 2. The molecule has 1 aromatic heterocycles. The Morgan fingerprint density at radius 2 is 2.54 bits per heavy atom. The van der Waals surface area contributed by atoms with Crippen molar-refractivity contribution in [3.05, 3.63) is 18.0 Å². The molecule has 5 heteroatoms. The third-order valence-electron chi connectivity index (χ3n) is 1.59. The van der Waals surface area contributed by atoms with Crippen LogP contribution in [-0.2, 0) is 18.4 Å². The zero-order chi connectivity index (χ0) is 9.68. The molecule has 1 atom stereocenters. The molecule has 0 N–H and O–H groups in total. The van der Waals surface area contributed by atoms with Gasteiger partial charge in [0.1, 0.15) is 0 Å². The largest absolute Gasteiger partial charge is 0.371 e. The SMILES string of the molecule is Cn1cc(CO[C@H](CCl)CBr)cn1. The molecular weight excluding hydrogens is 255 g/mol. The molecular formula is C8H12BrClN2O. The highest BCUT2D eigenvalue weighted by Gasteiger charge is 2.06. The van der Waals surface area contributed by atoms with Gasteiger partial charge in [-0.05, 0) is 0 Å². The highest BCUT2D eigenvalue weighted by molar-refractivity contribution is 9.09.